The quantitative estimate of drug-likeness (QED) is 0.671. The van der Waals surface area contributed by atoms with Crippen LogP contribution in [0.1, 0.15) is 27.2 Å². The van der Waals surface area contributed by atoms with E-state index in [2.05, 4.69) is 15.6 Å². The van der Waals surface area contributed by atoms with Crippen molar-refractivity contribution in [2.24, 2.45) is 0 Å². The minimum atomic E-state index is -4.68. The van der Waals surface area contributed by atoms with E-state index >= 15 is 0 Å². The summed E-state index contributed by atoms with van der Waals surface area (Å²) < 4.78 is 67.1. The monoisotopic (exact) mass is 396 g/mol. The zero-order valence-electron chi connectivity index (χ0n) is 14.2. The van der Waals surface area contributed by atoms with Crippen LogP contribution in [0.2, 0.25) is 0 Å². The van der Waals surface area contributed by atoms with Crippen molar-refractivity contribution >= 4 is 5.91 Å². The molecule has 0 saturated carbocycles. The number of benzene rings is 2. The van der Waals surface area contributed by atoms with Crippen LogP contribution in [0.5, 0.6) is 0 Å². The Morgan fingerprint density at radius 2 is 1.82 bits per heavy atom. The first-order chi connectivity index (χ1) is 13.2. The maximum Gasteiger partial charge on any atom is 0.416 e. The Hall–Kier alpha value is -3.30. The molecule has 1 heterocycles. The minimum absolute atomic E-state index is 0.0229. The fourth-order valence-corrected chi connectivity index (χ4v) is 2.53. The summed E-state index contributed by atoms with van der Waals surface area (Å²) in [4.78, 5) is 12.1. The van der Waals surface area contributed by atoms with Crippen LogP contribution in [0, 0.1) is 11.6 Å². The SMILES string of the molecule is O=C(NCc1cc(F)ccc1C(F)(F)F)c1cn(Cc2ccccc2F)nn1. The number of aromatic nitrogens is 3. The number of carbonyl (C=O) groups excluding carboxylic acids is 1. The fourth-order valence-electron chi connectivity index (χ4n) is 2.53. The molecule has 28 heavy (non-hydrogen) atoms. The van der Waals surface area contributed by atoms with Gasteiger partial charge in [-0.1, -0.05) is 23.4 Å². The molecule has 5 nitrogen and oxygen atoms in total. The highest BCUT2D eigenvalue weighted by atomic mass is 19.4. The summed E-state index contributed by atoms with van der Waals surface area (Å²) in [5.74, 6) is -2.10. The van der Waals surface area contributed by atoms with E-state index in [9.17, 15) is 26.7 Å². The van der Waals surface area contributed by atoms with Crippen LogP contribution < -0.4 is 5.32 Å². The van der Waals surface area contributed by atoms with Gasteiger partial charge in [-0.3, -0.25) is 4.79 Å². The predicted molar refractivity (Wildman–Crippen MR) is 88.1 cm³/mol. The topological polar surface area (TPSA) is 59.8 Å². The Morgan fingerprint density at radius 1 is 1.07 bits per heavy atom. The molecule has 0 aliphatic carbocycles. The highest BCUT2D eigenvalue weighted by Crippen LogP contribution is 2.32. The molecule has 3 aromatic rings. The van der Waals surface area contributed by atoms with Gasteiger partial charge < -0.3 is 5.32 Å². The van der Waals surface area contributed by atoms with Crippen molar-refractivity contribution in [1.29, 1.82) is 0 Å². The third-order valence-electron chi connectivity index (χ3n) is 3.87. The molecule has 0 saturated heterocycles. The van der Waals surface area contributed by atoms with Crippen molar-refractivity contribution in [2.75, 3.05) is 0 Å². The van der Waals surface area contributed by atoms with Gasteiger partial charge in [0.05, 0.1) is 18.3 Å². The van der Waals surface area contributed by atoms with Gasteiger partial charge in [-0.05, 0) is 29.8 Å². The van der Waals surface area contributed by atoms with Crippen molar-refractivity contribution in [3.63, 3.8) is 0 Å². The van der Waals surface area contributed by atoms with E-state index in [1.165, 1.54) is 23.0 Å². The average molecular weight is 396 g/mol. The summed E-state index contributed by atoms with van der Waals surface area (Å²) in [5.41, 5.74) is -1.30. The van der Waals surface area contributed by atoms with Crippen molar-refractivity contribution in [3.8, 4) is 0 Å². The highest BCUT2D eigenvalue weighted by molar-refractivity contribution is 5.91. The summed E-state index contributed by atoms with van der Waals surface area (Å²) in [7, 11) is 0. The van der Waals surface area contributed by atoms with Crippen LogP contribution in [0.15, 0.2) is 48.7 Å². The molecule has 1 aromatic heterocycles. The van der Waals surface area contributed by atoms with Crippen LogP contribution in [0.4, 0.5) is 22.0 Å². The van der Waals surface area contributed by atoms with Crippen molar-refractivity contribution in [2.45, 2.75) is 19.3 Å². The van der Waals surface area contributed by atoms with Crippen molar-refractivity contribution in [3.05, 3.63) is 82.7 Å². The lowest BCUT2D eigenvalue weighted by Crippen LogP contribution is -2.25. The summed E-state index contributed by atoms with van der Waals surface area (Å²) in [6.07, 6.45) is -3.45. The number of nitrogens with zero attached hydrogens (tertiary/aromatic N) is 3. The molecule has 10 heteroatoms. The number of nitrogens with one attached hydrogen (secondary N) is 1. The number of carbonyl (C=O) groups is 1. The molecule has 0 aliphatic heterocycles. The second-order valence-electron chi connectivity index (χ2n) is 5.87. The van der Waals surface area contributed by atoms with Gasteiger partial charge in [0, 0.05) is 12.1 Å². The molecule has 0 bridgehead atoms. The first kappa shape index (κ1) is 19.5. The molecule has 1 N–H and O–H groups in total. The molecule has 0 radical (unpaired) electrons. The zero-order chi connectivity index (χ0) is 20.3. The molecule has 146 valence electrons. The summed E-state index contributed by atoms with van der Waals surface area (Å²) in [6.45, 7) is -0.527. The first-order valence-corrected chi connectivity index (χ1v) is 8.01. The third kappa shape index (κ3) is 4.51. The highest BCUT2D eigenvalue weighted by Gasteiger charge is 2.33. The second-order valence-corrected chi connectivity index (χ2v) is 5.87. The van der Waals surface area contributed by atoms with E-state index in [0.717, 1.165) is 0 Å². The summed E-state index contributed by atoms with van der Waals surface area (Å²) in [5, 5.41) is 9.57. The molecule has 0 fully saturated rings. The fraction of sp³-hybridized carbons (Fsp3) is 0.167. The van der Waals surface area contributed by atoms with Gasteiger partial charge in [-0.15, -0.1) is 5.10 Å². The molecular weight excluding hydrogens is 383 g/mol. The average Bonchev–Trinajstić information content (AvgIpc) is 3.09. The van der Waals surface area contributed by atoms with Crippen LogP contribution in [-0.2, 0) is 19.3 Å². The Bertz CT molecular complexity index is 1000. The number of halogens is 5. The lowest BCUT2D eigenvalue weighted by atomic mass is 10.1. The molecule has 0 unspecified atom stereocenters. The normalized spacial score (nSPS) is 11.5. The number of hydrogen-bond donors (Lipinski definition) is 1. The van der Waals surface area contributed by atoms with Gasteiger partial charge in [0.25, 0.3) is 5.91 Å². The third-order valence-corrected chi connectivity index (χ3v) is 3.87. The van der Waals surface area contributed by atoms with Gasteiger partial charge in [0.15, 0.2) is 5.69 Å². The van der Waals surface area contributed by atoms with E-state index in [1.807, 2.05) is 0 Å². The minimum Gasteiger partial charge on any atom is -0.346 e. The lowest BCUT2D eigenvalue weighted by molar-refractivity contribution is -0.138. The molecular formula is C18H13F5N4O. The van der Waals surface area contributed by atoms with Crippen molar-refractivity contribution in [1.82, 2.24) is 20.3 Å². The van der Waals surface area contributed by atoms with Gasteiger partial charge in [0.1, 0.15) is 11.6 Å². The van der Waals surface area contributed by atoms with Crippen LogP contribution >= 0.6 is 0 Å². The van der Waals surface area contributed by atoms with Crippen LogP contribution in [0.25, 0.3) is 0 Å². The second kappa shape index (κ2) is 7.75. The van der Waals surface area contributed by atoms with Crippen molar-refractivity contribution < 1.29 is 26.7 Å². The van der Waals surface area contributed by atoms with Crippen LogP contribution in [-0.4, -0.2) is 20.9 Å². The zero-order valence-corrected chi connectivity index (χ0v) is 14.2. The van der Waals surface area contributed by atoms with Gasteiger partial charge in [-0.2, -0.15) is 13.2 Å². The standard InChI is InChI=1S/C18H13F5N4O/c19-13-5-6-14(18(21,22)23)12(7-13)8-24-17(28)16-10-27(26-25-16)9-11-3-1-2-4-15(11)20/h1-7,10H,8-9H2,(H,24,28). The van der Waals surface area contributed by atoms with E-state index in [0.29, 0.717) is 23.8 Å². The van der Waals surface area contributed by atoms with E-state index < -0.39 is 41.4 Å². The predicted octanol–water partition coefficient (Wildman–Crippen LogP) is 3.55. The number of hydrogen-bond acceptors (Lipinski definition) is 3. The van der Waals surface area contributed by atoms with Gasteiger partial charge in [0.2, 0.25) is 0 Å². The van der Waals surface area contributed by atoms with E-state index in [-0.39, 0.29) is 12.2 Å². The van der Waals surface area contributed by atoms with E-state index in [1.54, 1.807) is 12.1 Å². The number of rotatable bonds is 5. The summed E-state index contributed by atoms with van der Waals surface area (Å²) in [6, 6.07) is 8.00. The number of alkyl halides is 3. The molecule has 0 atom stereocenters. The largest absolute Gasteiger partial charge is 0.416 e. The van der Waals surface area contributed by atoms with E-state index in [4.69, 9.17) is 0 Å². The molecule has 2 aromatic carbocycles. The van der Waals surface area contributed by atoms with Crippen LogP contribution in [0.3, 0.4) is 0 Å². The Morgan fingerprint density at radius 3 is 2.54 bits per heavy atom. The maximum atomic E-state index is 13.7. The number of amides is 1. The lowest BCUT2D eigenvalue weighted by Gasteiger charge is -2.13. The molecule has 0 spiro atoms. The first-order valence-electron chi connectivity index (χ1n) is 8.01. The Kier molecular flexibility index (Phi) is 5.39. The molecule has 0 aliphatic rings. The Balaban J connectivity index is 1.69. The molecule has 3 rings (SSSR count). The Labute approximate surface area is 155 Å². The smallest absolute Gasteiger partial charge is 0.346 e. The summed E-state index contributed by atoms with van der Waals surface area (Å²) >= 11 is 0. The molecule has 1 amide bonds. The van der Waals surface area contributed by atoms with Gasteiger partial charge >= 0.3 is 6.18 Å². The maximum absolute atomic E-state index is 13.7. The van der Waals surface area contributed by atoms with Gasteiger partial charge in [-0.25, -0.2) is 13.5 Å².